The normalized spacial score (nSPS) is 23.0. The molecule has 3 aromatic rings. The summed E-state index contributed by atoms with van der Waals surface area (Å²) in [5.74, 6) is 0.842. The van der Waals surface area contributed by atoms with Crippen LogP contribution in [0.5, 0.6) is 0 Å². The van der Waals surface area contributed by atoms with Gasteiger partial charge in [-0.2, -0.15) is 0 Å². The largest absolute Gasteiger partial charge is 0.341 e. The number of benzene rings is 3. The lowest BCUT2D eigenvalue weighted by molar-refractivity contribution is -0.141. The second-order valence-corrected chi connectivity index (χ2v) is 8.83. The Hall–Kier alpha value is -2.65. The van der Waals surface area contributed by atoms with E-state index in [0.29, 0.717) is 11.8 Å². The lowest BCUT2D eigenvalue weighted by atomic mass is 9.90. The molecular formula is C27H30N2O. The molecule has 1 unspecified atom stereocenters. The van der Waals surface area contributed by atoms with E-state index < -0.39 is 0 Å². The second kappa shape index (κ2) is 8.23. The van der Waals surface area contributed by atoms with Gasteiger partial charge in [0.25, 0.3) is 0 Å². The molecule has 2 heterocycles. The standard InChI is InChI=1S/C27H30N2O/c1-20(24-13-7-11-22-10-5-6-12-25(22)24)29-19-16-23-15-18-28(27(30)26(23)29)17-14-21-8-3-2-4-9-21/h2-13,20,23,26H,14-19H2,1H3/t20-,23+,26?/m0/s1. The fourth-order valence-corrected chi connectivity index (χ4v) is 5.51. The summed E-state index contributed by atoms with van der Waals surface area (Å²) < 4.78 is 0. The number of likely N-dealkylation sites (tertiary alicyclic amines) is 2. The van der Waals surface area contributed by atoms with Gasteiger partial charge in [0.2, 0.25) is 5.91 Å². The number of rotatable bonds is 5. The van der Waals surface area contributed by atoms with E-state index in [1.807, 2.05) is 6.07 Å². The Morgan fingerprint density at radius 3 is 2.50 bits per heavy atom. The minimum atomic E-state index is 0.0310. The molecule has 30 heavy (non-hydrogen) atoms. The molecule has 0 N–H and O–H groups in total. The lowest BCUT2D eigenvalue weighted by Gasteiger charge is -2.40. The van der Waals surface area contributed by atoms with E-state index >= 15 is 0 Å². The van der Waals surface area contributed by atoms with Gasteiger partial charge in [-0.25, -0.2) is 0 Å². The Kier molecular flexibility index (Phi) is 5.30. The molecule has 0 radical (unpaired) electrons. The number of piperidine rings is 1. The monoisotopic (exact) mass is 398 g/mol. The quantitative estimate of drug-likeness (QED) is 0.599. The van der Waals surface area contributed by atoms with Crippen molar-refractivity contribution >= 4 is 16.7 Å². The van der Waals surface area contributed by atoms with Crippen LogP contribution in [0.25, 0.3) is 10.8 Å². The Morgan fingerprint density at radius 2 is 1.63 bits per heavy atom. The Labute approximate surface area is 179 Å². The maximum atomic E-state index is 13.5. The van der Waals surface area contributed by atoms with Crippen LogP contribution in [0.15, 0.2) is 72.8 Å². The van der Waals surface area contributed by atoms with Crippen LogP contribution in [0.2, 0.25) is 0 Å². The van der Waals surface area contributed by atoms with Crippen molar-refractivity contribution < 1.29 is 4.79 Å². The number of nitrogens with zero attached hydrogens (tertiary/aromatic N) is 2. The number of fused-ring (bicyclic) bond motifs is 2. The van der Waals surface area contributed by atoms with Gasteiger partial charge in [-0.05, 0) is 60.5 Å². The van der Waals surface area contributed by atoms with Gasteiger partial charge in [-0.15, -0.1) is 0 Å². The van der Waals surface area contributed by atoms with Gasteiger partial charge < -0.3 is 4.90 Å². The maximum Gasteiger partial charge on any atom is 0.240 e. The average Bonchev–Trinajstić information content (AvgIpc) is 3.23. The highest BCUT2D eigenvalue weighted by molar-refractivity contribution is 5.87. The summed E-state index contributed by atoms with van der Waals surface area (Å²) in [6.45, 7) is 5.02. The van der Waals surface area contributed by atoms with Crippen LogP contribution in [0.1, 0.15) is 36.9 Å². The topological polar surface area (TPSA) is 23.6 Å². The molecule has 3 heteroatoms. The minimum absolute atomic E-state index is 0.0310. The molecule has 2 aliphatic rings. The highest BCUT2D eigenvalue weighted by Gasteiger charge is 2.45. The van der Waals surface area contributed by atoms with Crippen LogP contribution in [-0.2, 0) is 11.2 Å². The SMILES string of the molecule is C[C@@H](c1cccc2ccccc12)N1CC[C@H]2CCN(CCc3ccccc3)C(=O)C21. The van der Waals surface area contributed by atoms with Crippen LogP contribution in [0.3, 0.4) is 0 Å². The van der Waals surface area contributed by atoms with Gasteiger partial charge in [-0.1, -0.05) is 72.8 Å². The van der Waals surface area contributed by atoms with Crippen LogP contribution in [-0.4, -0.2) is 41.4 Å². The van der Waals surface area contributed by atoms with Crippen molar-refractivity contribution in [1.82, 2.24) is 9.80 Å². The van der Waals surface area contributed by atoms with Gasteiger partial charge in [0.05, 0.1) is 6.04 Å². The van der Waals surface area contributed by atoms with Gasteiger partial charge in [0.1, 0.15) is 0 Å². The van der Waals surface area contributed by atoms with Crippen molar-refractivity contribution in [3.63, 3.8) is 0 Å². The summed E-state index contributed by atoms with van der Waals surface area (Å²) >= 11 is 0. The third-order valence-electron chi connectivity index (χ3n) is 7.18. The average molecular weight is 399 g/mol. The van der Waals surface area contributed by atoms with Gasteiger partial charge in [0.15, 0.2) is 0 Å². The summed E-state index contributed by atoms with van der Waals surface area (Å²) in [4.78, 5) is 18.1. The highest BCUT2D eigenvalue weighted by Crippen LogP contribution is 2.39. The van der Waals surface area contributed by atoms with Gasteiger partial charge in [-0.3, -0.25) is 9.69 Å². The molecule has 5 rings (SSSR count). The van der Waals surface area contributed by atoms with Crippen molar-refractivity contribution in [3.8, 4) is 0 Å². The molecule has 154 valence electrons. The molecule has 0 spiro atoms. The summed E-state index contributed by atoms with van der Waals surface area (Å²) in [7, 11) is 0. The van der Waals surface area contributed by atoms with Crippen LogP contribution in [0.4, 0.5) is 0 Å². The predicted octanol–water partition coefficient (Wildman–Crippen LogP) is 5.07. The van der Waals surface area contributed by atoms with Crippen molar-refractivity contribution in [2.45, 2.75) is 38.3 Å². The molecule has 3 nitrogen and oxygen atoms in total. The summed E-state index contributed by atoms with van der Waals surface area (Å²) in [5.41, 5.74) is 2.64. The number of carbonyl (C=O) groups excluding carboxylic acids is 1. The number of hydrogen-bond donors (Lipinski definition) is 0. The number of carbonyl (C=O) groups is 1. The summed E-state index contributed by atoms with van der Waals surface area (Å²) in [5, 5.41) is 2.58. The Bertz CT molecular complexity index is 1030. The van der Waals surface area contributed by atoms with Crippen molar-refractivity contribution in [3.05, 3.63) is 83.9 Å². The van der Waals surface area contributed by atoms with E-state index in [1.165, 1.54) is 21.9 Å². The lowest BCUT2D eigenvalue weighted by Crippen LogP contribution is -2.53. The fourth-order valence-electron chi connectivity index (χ4n) is 5.51. The van der Waals surface area contributed by atoms with Gasteiger partial charge in [0, 0.05) is 19.1 Å². The van der Waals surface area contributed by atoms with Crippen LogP contribution < -0.4 is 0 Å². The van der Waals surface area contributed by atoms with E-state index in [2.05, 4.69) is 83.5 Å². The molecule has 3 atom stereocenters. The third kappa shape index (κ3) is 3.52. The maximum absolute atomic E-state index is 13.5. The molecule has 2 saturated heterocycles. The first kappa shape index (κ1) is 19.3. The first-order valence-corrected chi connectivity index (χ1v) is 11.3. The molecule has 3 aromatic carbocycles. The zero-order valence-corrected chi connectivity index (χ0v) is 17.7. The van der Waals surface area contributed by atoms with E-state index in [0.717, 1.165) is 38.9 Å². The number of amides is 1. The molecule has 2 aliphatic heterocycles. The summed E-state index contributed by atoms with van der Waals surface area (Å²) in [6, 6.07) is 25.9. The molecule has 0 saturated carbocycles. The van der Waals surface area contributed by atoms with Gasteiger partial charge >= 0.3 is 0 Å². The van der Waals surface area contributed by atoms with E-state index in [4.69, 9.17) is 0 Å². The molecule has 1 amide bonds. The zero-order chi connectivity index (χ0) is 20.5. The Balaban J connectivity index is 1.36. The van der Waals surface area contributed by atoms with Crippen molar-refractivity contribution in [1.29, 1.82) is 0 Å². The first-order valence-electron chi connectivity index (χ1n) is 11.3. The zero-order valence-electron chi connectivity index (χ0n) is 17.7. The fraction of sp³-hybridized carbons (Fsp3) is 0.370. The Morgan fingerprint density at radius 1 is 0.900 bits per heavy atom. The highest BCUT2D eigenvalue weighted by atomic mass is 16.2. The second-order valence-electron chi connectivity index (χ2n) is 8.83. The van der Waals surface area contributed by atoms with Crippen molar-refractivity contribution in [2.24, 2.45) is 5.92 Å². The first-order chi connectivity index (χ1) is 14.7. The molecule has 0 aliphatic carbocycles. The van der Waals surface area contributed by atoms with E-state index in [1.54, 1.807) is 0 Å². The minimum Gasteiger partial charge on any atom is -0.341 e. The molecular weight excluding hydrogens is 368 g/mol. The van der Waals surface area contributed by atoms with Crippen LogP contribution in [0, 0.1) is 5.92 Å². The molecule has 0 aromatic heterocycles. The van der Waals surface area contributed by atoms with E-state index in [9.17, 15) is 4.79 Å². The third-order valence-corrected chi connectivity index (χ3v) is 7.18. The van der Waals surface area contributed by atoms with E-state index in [-0.39, 0.29) is 12.1 Å². The summed E-state index contributed by atoms with van der Waals surface area (Å²) in [6.07, 6.45) is 3.20. The smallest absolute Gasteiger partial charge is 0.240 e. The molecule has 2 fully saturated rings. The predicted molar refractivity (Wildman–Crippen MR) is 122 cm³/mol. The molecule has 0 bridgehead atoms. The van der Waals surface area contributed by atoms with Crippen molar-refractivity contribution in [2.75, 3.05) is 19.6 Å². The number of hydrogen-bond acceptors (Lipinski definition) is 2. The van der Waals surface area contributed by atoms with Crippen LogP contribution >= 0.6 is 0 Å².